The number of nitrogens with zero attached hydrogens (tertiary/aromatic N) is 2. The molecule has 1 heterocycles. The van der Waals surface area contributed by atoms with Crippen molar-refractivity contribution in [3.05, 3.63) is 18.2 Å². The van der Waals surface area contributed by atoms with Gasteiger partial charge in [0.1, 0.15) is 11.6 Å². The maximum Gasteiger partial charge on any atom is 0.316 e. The van der Waals surface area contributed by atoms with Gasteiger partial charge < -0.3 is 9.30 Å². The number of ether oxygens (including phenoxy) is 1. The molecule has 0 aromatic carbocycles. The molecule has 0 aliphatic rings. The SMILES string of the molecule is COC(=O)C(C(=O)c1cncn1C)C(C)C. The Kier molecular flexibility index (Phi) is 3.82. The lowest BCUT2D eigenvalue weighted by Crippen LogP contribution is -2.31. The Balaban J connectivity index is 3.01. The number of imidazole rings is 1. The number of aromatic nitrogens is 2. The minimum Gasteiger partial charge on any atom is -0.468 e. The number of esters is 1. The summed E-state index contributed by atoms with van der Waals surface area (Å²) in [6.45, 7) is 3.63. The molecule has 88 valence electrons. The van der Waals surface area contributed by atoms with E-state index in [4.69, 9.17) is 0 Å². The van der Waals surface area contributed by atoms with Crippen LogP contribution in [0.25, 0.3) is 0 Å². The first-order chi connectivity index (χ1) is 7.49. The summed E-state index contributed by atoms with van der Waals surface area (Å²) in [6, 6.07) is 0. The lowest BCUT2D eigenvalue weighted by atomic mass is 9.90. The highest BCUT2D eigenvalue weighted by Crippen LogP contribution is 2.18. The van der Waals surface area contributed by atoms with E-state index in [0.717, 1.165) is 0 Å². The highest BCUT2D eigenvalue weighted by Gasteiger charge is 2.32. The fourth-order valence-electron chi connectivity index (χ4n) is 1.56. The minimum absolute atomic E-state index is 0.102. The predicted molar refractivity (Wildman–Crippen MR) is 57.9 cm³/mol. The minimum atomic E-state index is -0.764. The first-order valence-corrected chi connectivity index (χ1v) is 5.07. The predicted octanol–water partition coefficient (Wildman–Crippen LogP) is 1.05. The number of carbonyl (C=O) groups excluding carboxylic acids is 2. The topological polar surface area (TPSA) is 61.2 Å². The van der Waals surface area contributed by atoms with E-state index >= 15 is 0 Å². The highest BCUT2D eigenvalue weighted by atomic mass is 16.5. The molecule has 0 amide bonds. The normalized spacial score (nSPS) is 12.6. The van der Waals surface area contributed by atoms with Gasteiger partial charge in [0.05, 0.1) is 19.6 Å². The lowest BCUT2D eigenvalue weighted by molar-refractivity contribution is -0.144. The Morgan fingerprint density at radius 1 is 1.44 bits per heavy atom. The van der Waals surface area contributed by atoms with E-state index in [0.29, 0.717) is 5.69 Å². The number of ketones is 1. The summed E-state index contributed by atoms with van der Waals surface area (Å²) in [4.78, 5) is 27.5. The molecule has 16 heavy (non-hydrogen) atoms. The highest BCUT2D eigenvalue weighted by molar-refractivity contribution is 6.07. The van der Waals surface area contributed by atoms with Crippen molar-refractivity contribution in [1.82, 2.24) is 9.55 Å². The third-order valence-electron chi connectivity index (χ3n) is 2.47. The Morgan fingerprint density at radius 3 is 2.44 bits per heavy atom. The third kappa shape index (κ3) is 2.29. The average Bonchev–Trinajstić information content (AvgIpc) is 2.63. The second-order valence-corrected chi connectivity index (χ2v) is 4.00. The van der Waals surface area contributed by atoms with E-state index in [1.165, 1.54) is 19.6 Å². The monoisotopic (exact) mass is 224 g/mol. The van der Waals surface area contributed by atoms with Gasteiger partial charge in [-0.2, -0.15) is 0 Å². The van der Waals surface area contributed by atoms with Crippen molar-refractivity contribution in [2.24, 2.45) is 18.9 Å². The molecule has 1 unspecified atom stereocenters. The van der Waals surface area contributed by atoms with Crippen LogP contribution in [0.3, 0.4) is 0 Å². The number of Topliss-reactive ketones (excluding diaryl/α,β-unsaturated/α-hetero) is 1. The number of rotatable bonds is 4. The molecule has 0 radical (unpaired) electrons. The van der Waals surface area contributed by atoms with Crippen LogP contribution in [0.15, 0.2) is 12.5 Å². The maximum absolute atomic E-state index is 12.1. The molecular formula is C11H16N2O3. The number of aryl methyl sites for hydroxylation is 1. The Labute approximate surface area is 94.4 Å². The van der Waals surface area contributed by atoms with Crippen LogP contribution in [0.4, 0.5) is 0 Å². The molecule has 1 rings (SSSR count). The molecule has 0 saturated heterocycles. The van der Waals surface area contributed by atoms with Crippen molar-refractivity contribution in [2.45, 2.75) is 13.8 Å². The molecule has 0 aliphatic heterocycles. The van der Waals surface area contributed by atoms with E-state index in [-0.39, 0.29) is 11.7 Å². The summed E-state index contributed by atoms with van der Waals surface area (Å²) in [5.41, 5.74) is 0.420. The first kappa shape index (κ1) is 12.4. The van der Waals surface area contributed by atoms with Crippen molar-refractivity contribution < 1.29 is 14.3 Å². The summed E-state index contributed by atoms with van der Waals surface area (Å²) < 4.78 is 6.24. The zero-order valence-electron chi connectivity index (χ0n) is 9.93. The van der Waals surface area contributed by atoms with Gasteiger partial charge in [0.2, 0.25) is 0 Å². The van der Waals surface area contributed by atoms with Crippen LogP contribution in [0, 0.1) is 11.8 Å². The molecule has 0 fully saturated rings. The van der Waals surface area contributed by atoms with Gasteiger partial charge in [-0.3, -0.25) is 9.59 Å². The summed E-state index contributed by atoms with van der Waals surface area (Å²) >= 11 is 0. The standard InChI is InChI=1S/C11H16N2O3/c1-7(2)9(11(15)16-4)10(14)8-5-12-6-13(8)3/h5-7,9H,1-4H3. The largest absolute Gasteiger partial charge is 0.468 e. The van der Waals surface area contributed by atoms with Crippen LogP contribution in [0.1, 0.15) is 24.3 Å². The van der Waals surface area contributed by atoms with E-state index in [1.54, 1.807) is 11.6 Å². The quantitative estimate of drug-likeness (QED) is 0.435. The van der Waals surface area contributed by atoms with Crippen LogP contribution in [-0.4, -0.2) is 28.4 Å². The van der Waals surface area contributed by atoms with Gasteiger partial charge in [-0.25, -0.2) is 4.98 Å². The molecule has 0 saturated carbocycles. The number of hydrogen-bond donors (Lipinski definition) is 0. The summed E-state index contributed by atoms with van der Waals surface area (Å²) in [6.07, 6.45) is 2.99. The van der Waals surface area contributed by atoms with Crippen molar-refractivity contribution in [1.29, 1.82) is 0 Å². The van der Waals surface area contributed by atoms with Gasteiger partial charge in [0.25, 0.3) is 0 Å². The van der Waals surface area contributed by atoms with E-state index in [1.807, 2.05) is 13.8 Å². The summed E-state index contributed by atoms with van der Waals surface area (Å²) in [7, 11) is 3.00. The van der Waals surface area contributed by atoms with Crippen LogP contribution < -0.4 is 0 Å². The molecule has 1 atom stereocenters. The zero-order chi connectivity index (χ0) is 12.3. The van der Waals surface area contributed by atoms with Gasteiger partial charge in [0, 0.05) is 7.05 Å². The third-order valence-corrected chi connectivity index (χ3v) is 2.47. The average molecular weight is 224 g/mol. The second-order valence-electron chi connectivity index (χ2n) is 4.00. The van der Waals surface area contributed by atoms with E-state index in [9.17, 15) is 9.59 Å². The molecule has 0 aliphatic carbocycles. The second kappa shape index (κ2) is 4.92. The number of carbonyl (C=O) groups is 2. The van der Waals surface area contributed by atoms with Gasteiger partial charge in [-0.1, -0.05) is 13.8 Å². The molecule has 1 aromatic heterocycles. The summed E-state index contributed by atoms with van der Waals surface area (Å²) in [5.74, 6) is -1.61. The van der Waals surface area contributed by atoms with Gasteiger partial charge in [-0.15, -0.1) is 0 Å². The molecule has 0 spiro atoms. The van der Waals surface area contributed by atoms with Gasteiger partial charge in [-0.05, 0) is 5.92 Å². The van der Waals surface area contributed by atoms with Crippen molar-refractivity contribution in [2.75, 3.05) is 7.11 Å². The van der Waals surface area contributed by atoms with Crippen molar-refractivity contribution in [3.63, 3.8) is 0 Å². The van der Waals surface area contributed by atoms with E-state index < -0.39 is 11.9 Å². The van der Waals surface area contributed by atoms with Gasteiger partial charge >= 0.3 is 5.97 Å². The first-order valence-electron chi connectivity index (χ1n) is 5.07. The molecule has 5 nitrogen and oxygen atoms in total. The van der Waals surface area contributed by atoms with Crippen LogP contribution in [0.5, 0.6) is 0 Å². The maximum atomic E-state index is 12.1. The van der Waals surface area contributed by atoms with Gasteiger partial charge in [0.15, 0.2) is 5.78 Å². The fraction of sp³-hybridized carbons (Fsp3) is 0.545. The van der Waals surface area contributed by atoms with E-state index in [2.05, 4.69) is 9.72 Å². The molecule has 5 heteroatoms. The Morgan fingerprint density at radius 2 is 2.06 bits per heavy atom. The fourth-order valence-corrected chi connectivity index (χ4v) is 1.56. The van der Waals surface area contributed by atoms with Crippen molar-refractivity contribution >= 4 is 11.8 Å². The molecule has 1 aromatic rings. The number of methoxy groups -OCH3 is 1. The van der Waals surface area contributed by atoms with Crippen LogP contribution in [0.2, 0.25) is 0 Å². The molecular weight excluding hydrogens is 208 g/mol. The Bertz CT molecular complexity index is 396. The summed E-state index contributed by atoms with van der Waals surface area (Å²) in [5, 5.41) is 0. The number of hydrogen-bond acceptors (Lipinski definition) is 4. The van der Waals surface area contributed by atoms with Crippen LogP contribution in [-0.2, 0) is 16.6 Å². The lowest BCUT2D eigenvalue weighted by Gasteiger charge is -2.16. The van der Waals surface area contributed by atoms with Crippen LogP contribution >= 0.6 is 0 Å². The zero-order valence-corrected chi connectivity index (χ0v) is 9.93. The smallest absolute Gasteiger partial charge is 0.316 e. The molecule has 0 N–H and O–H groups in total. The Hall–Kier alpha value is -1.65. The van der Waals surface area contributed by atoms with Crippen molar-refractivity contribution in [3.8, 4) is 0 Å². The molecule has 0 bridgehead atoms.